The van der Waals surface area contributed by atoms with Gasteiger partial charge in [-0.1, -0.05) is 32.9 Å². The van der Waals surface area contributed by atoms with Gasteiger partial charge in [-0.05, 0) is 73.1 Å². The summed E-state index contributed by atoms with van der Waals surface area (Å²) >= 11 is 0. The number of likely N-dealkylation sites (tertiary alicyclic amines) is 2. The number of hydrogen-bond acceptors (Lipinski definition) is 7. The van der Waals surface area contributed by atoms with Crippen molar-refractivity contribution in [3.05, 3.63) is 70.2 Å². The van der Waals surface area contributed by atoms with Crippen LogP contribution in [-0.4, -0.2) is 76.9 Å². The van der Waals surface area contributed by atoms with Crippen molar-refractivity contribution in [2.24, 2.45) is 5.41 Å². The molecule has 2 aromatic heterocycles. The molecule has 0 aliphatic carbocycles. The second-order valence-corrected chi connectivity index (χ2v) is 14.0. The molecule has 8 heteroatoms. The molecule has 1 N–H and O–H groups in total. The summed E-state index contributed by atoms with van der Waals surface area (Å²) in [6.07, 6.45) is 2.68. The van der Waals surface area contributed by atoms with Gasteiger partial charge in [0.1, 0.15) is 5.82 Å². The zero-order chi connectivity index (χ0) is 29.6. The summed E-state index contributed by atoms with van der Waals surface area (Å²) < 4.78 is 7.18. The smallest absolute Gasteiger partial charge is 0.306 e. The van der Waals surface area contributed by atoms with Gasteiger partial charge in [0.25, 0.3) is 0 Å². The van der Waals surface area contributed by atoms with E-state index in [2.05, 4.69) is 79.2 Å². The minimum Gasteiger partial charge on any atom is -0.469 e. The molecule has 0 saturated carbocycles. The van der Waals surface area contributed by atoms with E-state index >= 15 is 0 Å². The first kappa shape index (κ1) is 28.9. The number of aromatic nitrogens is 3. The predicted octanol–water partition coefficient (Wildman–Crippen LogP) is 5.00. The van der Waals surface area contributed by atoms with Gasteiger partial charge in [0.2, 0.25) is 0 Å². The number of carbonyl (C=O) groups excluding carboxylic acids is 1. The Morgan fingerprint density at radius 2 is 1.83 bits per heavy atom. The molecular weight excluding hydrogens is 524 g/mol. The number of fused-ring (bicyclic) bond motifs is 1. The molecule has 3 aliphatic heterocycles. The number of nitrogens with one attached hydrogen (secondary N) is 1. The summed E-state index contributed by atoms with van der Waals surface area (Å²) in [5.41, 5.74) is 8.42. The van der Waals surface area contributed by atoms with Crippen molar-refractivity contribution in [2.45, 2.75) is 71.8 Å². The lowest BCUT2D eigenvalue weighted by Crippen LogP contribution is -2.71. The fourth-order valence-electron chi connectivity index (χ4n) is 7.13. The van der Waals surface area contributed by atoms with Crippen LogP contribution in [0, 0.1) is 19.3 Å². The van der Waals surface area contributed by atoms with E-state index in [1.165, 1.54) is 30.2 Å². The number of aryl methyl sites for hydroxylation is 3. The number of methoxy groups -OCH3 is 1. The largest absolute Gasteiger partial charge is 0.469 e. The van der Waals surface area contributed by atoms with Gasteiger partial charge in [0, 0.05) is 62.8 Å². The van der Waals surface area contributed by atoms with E-state index < -0.39 is 0 Å². The minimum atomic E-state index is -0.161. The summed E-state index contributed by atoms with van der Waals surface area (Å²) in [6, 6.07) is 13.3. The van der Waals surface area contributed by atoms with Gasteiger partial charge in [-0.15, -0.1) is 0 Å². The van der Waals surface area contributed by atoms with Gasteiger partial charge in [-0.25, -0.2) is 9.67 Å². The standard InChI is InChI=1S/C34H46N6O2/c1-23-12-24(2)40(37-23)30-14-26(13-28(16-30)33(3,4)5)27(15-31(41)42-6)17-38-19-34(20-38)21-39(22-34)18-29-10-9-25-8-7-11-35-32(25)36-29/h9-10,12-14,16,27H,7-8,11,15,17-22H2,1-6H3,(H,35,36)/t27-/m1/s1. The molecular formula is C34H46N6O2. The molecule has 1 atom stereocenters. The molecule has 6 rings (SSSR count). The van der Waals surface area contributed by atoms with Crippen molar-refractivity contribution in [3.63, 3.8) is 0 Å². The summed E-state index contributed by atoms with van der Waals surface area (Å²) in [4.78, 5) is 22.5. The quantitative estimate of drug-likeness (QED) is 0.382. The zero-order valence-electron chi connectivity index (χ0n) is 26.2. The highest BCUT2D eigenvalue weighted by Crippen LogP contribution is 2.42. The molecule has 8 nitrogen and oxygen atoms in total. The van der Waals surface area contributed by atoms with Gasteiger partial charge in [0.15, 0.2) is 0 Å². The van der Waals surface area contributed by atoms with E-state index in [0.29, 0.717) is 11.8 Å². The molecule has 1 spiro atoms. The lowest BCUT2D eigenvalue weighted by atomic mass is 9.72. The number of carbonyl (C=O) groups is 1. The van der Waals surface area contributed by atoms with Crippen LogP contribution in [0.1, 0.15) is 73.3 Å². The normalized spacial score (nSPS) is 19.0. The molecule has 3 aromatic rings. The van der Waals surface area contributed by atoms with Crippen molar-refractivity contribution in [1.29, 1.82) is 0 Å². The number of ether oxygens (including phenoxy) is 1. The summed E-state index contributed by atoms with van der Waals surface area (Å²) in [5, 5.41) is 8.23. The maximum Gasteiger partial charge on any atom is 0.306 e. The van der Waals surface area contributed by atoms with E-state index in [9.17, 15) is 4.79 Å². The van der Waals surface area contributed by atoms with E-state index in [1.807, 2.05) is 11.6 Å². The number of rotatable bonds is 8. The van der Waals surface area contributed by atoms with Crippen LogP contribution >= 0.6 is 0 Å². The average Bonchev–Trinajstić information content (AvgIpc) is 3.26. The molecule has 42 heavy (non-hydrogen) atoms. The Kier molecular flexibility index (Phi) is 7.64. The van der Waals surface area contributed by atoms with Gasteiger partial charge in [0.05, 0.1) is 30.6 Å². The Hall–Kier alpha value is -3.23. The highest BCUT2D eigenvalue weighted by Gasteiger charge is 2.51. The molecule has 0 amide bonds. The number of nitrogens with zero attached hydrogens (tertiary/aromatic N) is 5. The molecule has 0 unspecified atom stereocenters. The third-order valence-corrected chi connectivity index (χ3v) is 9.22. The van der Waals surface area contributed by atoms with Crippen LogP contribution in [0.2, 0.25) is 0 Å². The Balaban J connectivity index is 1.14. The van der Waals surface area contributed by atoms with Crippen molar-refractivity contribution >= 4 is 11.8 Å². The molecule has 1 aromatic carbocycles. The van der Waals surface area contributed by atoms with Crippen molar-refractivity contribution in [1.82, 2.24) is 24.6 Å². The van der Waals surface area contributed by atoms with Crippen molar-refractivity contribution < 1.29 is 9.53 Å². The summed E-state index contributed by atoms with van der Waals surface area (Å²) in [7, 11) is 1.49. The fraction of sp³-hybridized carbons (Fsp3) is 0.559. The second kappa shape index (κ2) is 11.1. The molecule has 2 fully saturated rings. The topological polar surface area (TPSA) is 75.5 Å². The number of benzene rings is 1. The van der Waals surface area contributed by atoms with Gasteiger partial charge >= 0.3 is 5.97 Å². The number of anilines is 1. The Morgan fingerprint density at radius 3 is 2.52 bits per heavy atom. The highest BCUT2D eigenvalue weighted by atomic mass is 16.5. The van der Waals surface area contributed by atoms with E-state index in [1.54, 1.807) is 0 Å². The van der Waals surface area contributed by atoms with Crippen molar-refractivity contribution in [3.8, 4) is 5.69 Å². The van der Waals surface area contributed by atoms with Crippen LogP contribution in [0.25, 0.3) is 5.69 Å². The Labute approximate surface area is 250 Å². The van der Waals surface area contributed by atoms with Gasteiger partial charge in [-0.2, -0.15) is 5.10 Å². The van der Waals surface area contributed by atoms with E-state index in [0.717, 1.165) is 80.8 Å². The molecule has 5 heterocycles. The first-order chi connectivity index (χ1) is 20.0. The zero-order valence-corrected chi connectivity index (χ0v) is 26.2. The first-order valence-electron chi connectivity index (χ1n) is 15.4. The van der Waals surface area contributed by atoms with Crippen LogP contribution in [-0.2, 0) is 27.9 Å². The average molecular weight is 571 g/mol. The number of esters is 1. The fourth-order valence-corrected chi connectivity index (χ4v) is 7.13. The Bertz CT molecular complexity index is 1460. The molecule has 224 valence electrons. The summed E-state index contributed by atoms with van der Waals surface area (Å²) in [5.74, 6) is 0.971. The molecule has 0 radical (unpaired) electrons. The second-order valence-electron chi connectivity index (χ2n) is 14.0. The molecule has 0 bridgehead atoms. The Morgan fingerprint density at radius 1 is 1.07 bits per heavy atom. The van der Waals surface area contributed by atoms with Crippen LogP contribution in [0.4, 0.5) is 5.82 Å². The van der Waals surface area contributed by atoms with Gasteiger partial charge < -0.3 is 15.0 Å². The van der Waals surface area contributed by atoms with E-state index in [4.69, 9.17) is 14.8 Å². The minimum absolute atomic E-state index is 0.0319. The first-order valence-corrected chi connectivity index (χ1v) is 15.4. The van der Waals surface area contributed by atoms with Crippen LogP contribution in [0.3, 0.4) is 0 Å². The maximum absolute atomic E-state index is 12.6. The number of pyridine rings is 1. The van der Waals surface area contributed by atoms with Crippen molar-refractivity contribution in [2.75, 3.05) is 51.7 Å². The molecule has 3 aliphatic rings. The maximum atomic E-state index is 12.6. The number of hydrogen-bond donors (Lipinski definition) is 1. The SMILES string of the molecule is COC(=O)C[C@H](CN1CC2(CN(Cc3ccc4c(n3)NCCC4)C2)C1)c1cc(-n2nc(C)cc2C)cc(C(C)(C)C)c1. The highest BCUT2D eigenvalue weighted by molar-refractivity contribution is 5.70. The summed E-state index contributed by atoms with van der Waals surface area (Å²) in [6.45, 7) is 18.0. The molecule has 2 saturated heterocycles. The lowest BCUT2D eigenvalue weighted by molar-refractivity contribution is -0.142. The van der Waals surface area contributed by atoms with Crippen LogP contribution in [0.5, 0.6) is 0 Å². The predicted molar refractivity (Wildman–Crippen MR) is 166 cm³/mol. The van der Waals surface area contributed by atoms with Crippen LogP contribution < -0.4 is 5.32 Å². The monoisotopic (exact) mass is 570 g/mol. The van der Waals surface area contributed by atoms with Crippen LogP contribution in [0.15, 0.2) is 36.4 Å². The third kappa shape index (κ3) is 5.97. The third-order valence-electron chi connectivity index (χ3n) is 9.22. The van der Waals surface area contributed by atoms with Gasteiger partial charge in [-0.3, -0.25) is 9.69 Å². The van der Waals surface area contributed by atoms with E-state index in [-0.39, 0.29) is 17.3 Å². The lowest BCUT2D eigenvalue weighted by Gasteiger charge is -2.61.